The third kappa shape index (κ3) is 3.26. The lowest BCUT2D eigenvalue weighted by Crippen LogP contribution is -2.05. The first-order chi connectivity index (χ1) is 9.08. The number of phenolic OH excluding ortho intramolecular Hbond substituents is 1. The van der Waals surface area contributed by atoms with E-state index in [4.69, 9.17) is 16.3 Å². The quantitative estimate of drug-likeness (QED) is 0.869. The van der Waals surface area contributed by atoms with Gasteiger partial charge in [-0.25, -0.2) is 4.79 Å². The largest absolute Gasteiger partial charge is 0.508 e. The number of hydrogen-bond acceptors (Lipinski definition) is 3. The van der Waals surface area contributed by atoms with Gasteiger partial charge in [0.25, 0.3) is 0 Å². The van der Waals surface area contributed by atoms with Crippen LogP contribution >= 0.6 is 11.6 Å². The van der Waals surface area contributed by atoms with E-state index in [1.54, 1.807) is 31.2 Å². The molecule has 0 heterocycles. The van der Waals surface area contributed by atoms with Gasteiger partial charge in [-0.3, -0.25) is 0 Å². The van der Waals surface area contributed by atoms with E-state index in [0.717, 1.165) is 5.56 Å². The zero-order valence-electron chi connectivity index (χ0n) is 10.4. The number of hydrogen-bond donors (Lipinski definition) is 1. The van der Waals surface area contributed by atoms with Gasteiger partial charge >= 0.3 is 5.97 Å². The fourth-order valence-electron chi connectivity index (χ4n) is 1.58. The maximum atomic E-state index is 11.8. The molecule has 2 aromatic carbocycles. The molecule has 0 fully saturated rings. The molecule has 0 saturated carbocycles. The van der Waals surface area contributed by atoms with E-state index in [1.165, 1.54) is 6.07 Å². The van der Waals surface area contributed by atoms with Crippen LogP contribution in [0.5, 0.6) is 5.75 Å². The predicted octanol–water partition coefficient (Wildman–Crippen LogP) is 3.71. The van der Waals surface area contributed by atoms with Crippen molar-refractivity contribution in [2.24, 2.45) is 0 Å². The summed E-state index contributed by atoms with van der Waals surface area (Å²) in [6, 6.07) is 11.8. The van der Waals surface area contributed by atoms with Crippen LogP contribution in [0.1, 0.15) is 21.5 Å². The summed E-state index contributed by atoms with van der Waals surface area (Å²) in [6.07, 6.45) is 0. The molecule has 1 N–H and O–H groups in total. The average molecular weight is 277 g/mol. The molecule has 0 aliphatic heterocycles. The van der Waals surface area contributed by atoms with E-state index < -0.39 is 5.97 Å². The van der Waals surface area contributed by atoms with E-state index in [2.05, 4.69) is 0 Å². The first-order valence-electron chi connectivity index (χ1n) is 5.78. The smallest absolute Gasteiger partial charge is 0.338 e. The maximum Gasteiger partial charge on any atom is 0.338 e. The van der Waals surface area contributed by atoms with Gasteiger partial charge in [0.1, 0.15) is 12.4 Å². The molecule has 0 aliphatic rings. The lowest BCUT2D eigenvalue weighted by atomic mass is 10.1. The van der Waals surface area contributed by atoms with Crippen LogP contribution in [0.4, 0.5) is 0 Å². The molecule has 0 aromatic heterocycles. The molecule has 0 aliphatic carbocycles. The molecular formula is C15H13ClO3. The summed E-state index contributed by atoms with van der Waals surface area (Å²) in [7, 11) is 0. The topological polar surface area (TPSA) is 46.5 Å². The Kier molecular flexibility index (Phi) is 4.07. The van der Waals surface area contributed by atoms with E-state index >= 15 is 0 Å². The van der Waals surface area contributed by atoms with Gasteiger partial charge in [0.15, 0.2) is 0 Å². The van der Waals surface area contributed by atoms with E-state index in [-0.39, 0.29) is 12.4 Å². The van der Waals surface area contributed by atoms with Crippen molar-refractivity contribution in [2.75, 3.05) is 0 Å². The molecule has 0 amide bonds. The number of ether oxygens (including phenoxy) is 1. The lowest BCUT2D eigenvalue weighted by molar-refractivity contribution is 0.0472. The minimum Gasteiger partial charge on any atom is -0.508 e. The van der Waals surface area contributed by atoms with Crippen LogP contribution in [0.15, 0.2) is 42.5 Å². The molecule has 0 saturated heterocycles. The third-order valence-electron chi connectivity index (χ3n) is 2.76. The highest BCUT2D eigenvalue weighted by molar-refractivity contribution is 6.31. The summed E-state index contributed by atoms with van der Waals surface area (Å²) in [4.78, 5) is 11.8. The van der Waals surface area contributed by atoms with Crippen molar-refractivity contribution in [2.45, 2.75) is 13.5 Å². The van der Waals surface area contributed by atoms with Crippen LogP contribution in [0.25, 0.3) is 0 Å². The normalized spacial score (nSPS) is 10.2. The fraction of sp³-hybridized carbons (Fsp3) is 0.133. The molecule has 0 unspecified atom stereocenters. The number of aryl methyl sites for hydroxylation is 1. The van der Waals surface area contributed by atoms with Crippen LogP contribution in [0.3, 0.4) is 0 Å². The van der Waals surface area contributed by atoms with Gasteiger partial charge in [-0.2, -0.15) is 0 Å². The fourth-order valence-corrected chi connectivity index (χ4v) is 1.77. The van der Waals surface area contributed by atoms with Gasteiger partial charge in [0.05, 0.1) is 5.56 Å². The molecule has 2 rings (SSSR count). The Labute approximate surface area is 116 Å². The van der Waals surface area contributed by atoms with E-state index in [1.807, 2.05) is 12.1 Å². The van der Waals surface area contributed by atoms with Gasteiger partial charge < -0.3 is 9.84 Å². The second-order valence-corrected chi connectivity index (χ2v) is 4.58. The molecule has 3 nitrogen and oxygen atoms in total. The first-order valence-corrected chi connectivity index (χ1v) is 6.16. The second kappa shape index (κ2) is 5.76. The van der Waals surface area contributed by atoms with Gasteiger partial charge in [0.2, 0.25) is 0 Å². The summed E-state index contributed by atoms with van der Waals surface area (Å²) >= 11 is 5.97. The van der Waals surface area contributed by atoms with Crippen molar-refractivity contribution in [3.63, 3.8) is 0 Å². The number of benzene rings is 2. The summed E-state index contributed by atoms with van der Waals surface area (Å²) in [5, 5.41) is 10.1. The Balaban J connectivity index is 2.05. The Morgan fingerprint density at radius 3 is 2.68 bits per heavy atom. The van der Waals surface area contributed by atoms with Gasteiger partial charge in [0, 0.05) is 10.6 Å². The first kappa shape index (κ1) is 13.4. The van der Waals surface area contributed by atoms with Crippen LogP contribution < -0.4 is 0 Å². The van der Waals surface area contributed by atoms with Crippen molar-refractivity contribution in [3.8, 4) is 5.75 Å². The van der Waals surface area contributed by atoms with E-state index in [9.17, 15) is 9.90 Å². The van der Waals surface area contributed by atoms with Crippen molar-refractivity contribution in [1.82, 2.24) is 0 Å². The highest BCUT2D eigenvalue weighted by atomic mass is 35.5. The average Bonchev–Trinajstić information content (AvgIpc) is 2.40. The summed E-state index contributed by atoms with van der Waals surface area (Å²) in [5.41, 5.74) is 1.77. The number of esters is 1. The third-order valence-corrected chi connectivity index (χ3v) is 3.13. The molecule has 0 spiro atoms. The standard InChI is InChI=1S/C15H13ClO3/c1-10-6-7-11(8-14(10)17)15(18)19-9-12-4-2-3-5-13(12)16/h2-8,17H,9H2,1H3. The van der Waals surface area contributed by atoms with E-state index in [0.29, 0.717) is 16.1 Å². The highest BCUT2D eigenvalue weighted by Crippen LogP contribution is 2.20. The molecule has 4 heteroatoms. The summed E-state index contributed by atoms with van der Waals surface area (Å²) in [5.74, 6) is -0.414. The number of phenols is 1. The number of carbonyl (C=O) groups is 1. The summed E-state index contributed by atoms with van der Waals surface area (Å²) < 4.78 is 5.16. The van der Waals surface area contributed by atoms with Crippen LogP contribution in [0.2, 0.25) is 5.02 Å². The van der Waals surface area contributed by atoms with Crippen molar-refractivity contribution in [1.29, 1.82) is 0 Å². The number of carbonyl (C=O) groups excluding carboxylic acids is 1. The monoisotopic (exact) mass is 276 g/mol. The van der Waals surface area contributed by atoms with Crippen molar-refractivity contribution >= 4 is 17.6 Å². The number of rotatable bonds is 3. The summed E-state index contributed by atoms with van der Waals surface area (Å²) in [6.45, 7) is 1.86. The van der Waals surface area contributed by atoms with Gasteiger partial charge in [-0.1, -0.05) is 35.9 Å². The van der Waals surface area contributed by atoms with Gasteiger partial charge in [-0.05, 0) is 30.7 Å². The molecule has 0 atom stereocenters. The molecule has 0 radical (unpaired) electrons. The number of halogens is 1. The van der Waals surface area contributed by atoms with Crippen LogP contribution in [-0.2, 0) is 11.3 Å². The minimum atomic E-state index is -0.491. The Morgan fingerprint density at radius 1 is 1.26 bits per heavy atom. The zero-order valence-corrected chi connectivity index (χ0v) is 11.1. The Bertz CT molecular complexity index is 608. The van der Waals surface area contributed by atoms with Crippen LogP contribution in [0, 0.1) is 6.92 Å². The highest BCUT2D eigenvalue weighted by Gasteiger charge is 2.10. The lowest BCUT2D eigenvalue weighted by Gasteiger charge is -2.07. The molecule has 0 bridgehead atoms. The molecule has 19 heavy (non-hydrogen) atoms. The molecule has 2 aromatic rings. The SMILES string of the molecule is Cc1ccc(C(=O)OCc2ccccc2Cl)cc1O. The molecular weight excluding hydrogens is 264 g/mol. The van der Waals surface area contributed by atoms with Gasteiger partial charge in [-0.15, -0.1) is 0 Å². The van der Waals surface area contributed by atoms with Crippen molar-refractivity contribution < 1.29 is 14.6 Å². The maximum absolute atomic E-state index is 11.8. The Morgan fingerprint density at radius 2 is 2.00 bits per heavy atom. The zero-order chi connectivity index (χ0) is 13.8. The number of aromatic hydroxyl groups is 1. The Hall–Kier alpha value is -2.00. The minimum absolute atomic E-state index is 0.0761. The van der Waals surface area contributed by atoms with Crippen molar-refractivity contribution in [3.05, 3.63) is 64.2 Å². The molecule has 98 valence electrons. The predicted molar refractivity (Wildman–Crippen MR) is 73.4 cm³/mol. The second-order valence-electron chi connectivity index (χ2n) is 4.17. The van der Waals surface area contributed by atoms with Crippen LogP contribution in [-0.4, -0.2) is 11.1 Å².